The summed E-state index contributed by atoms with van der Waals surface area (Å²) in [7, 11) is 0. The molecule has 0 fully saturated rings. The smallest absolute Gasteiger partial charge is 0.228 e. The second-order valence-electron chi connectivity index (χ2n) is 6.77. The molecule has 0 aliphatic carbocycles. The fraction of sp³-hybridized carbons (Fsp3) is 0.562. The van der Waals surface area contributed by atoms with Crippen molar-refractivity contribution in [2.24, 2.45) is 17.3 Å². The summed E-state index contributed by atoms with van der Waals surface area (Å²) < 4.78 is 0.905. The van der Waals surface area contributed by atoms with Crippen LogP contribution in [0.3, 0.4) is 0 Å². The Labute approximate surface area is 130 Å². The summed E-state index contributed by atoms with van der Waals surface area (Å²) in [5, 5.41) is 2.96. The first-order valence-electron chi connectivity index (χ1n) is 6.97. The highest BCUT2D eigenvalue weighted by atomic mass is 79.9. The average Bonchev–Trinajstić information content (AvgIpc) is 2.28. The predicted molar refractivity (Wildman–Crippen MR) is 89.6 cm³/mol. The fourth-order valence-electron chi connectivity index (χ4n) is 2.19. The third-order valence-electron chi connectivity index (χ3n) is 3.34. The lowest BCUT2D eigenvalue weighted by atomic mass is 9.75. The molecule has 4 heteroatoms. The van der Waals surface area contributed by atoms with E-state index in [2.05, 4.69) is 55.9 Å². The lowest BCUT2D eigenvalue weighted by Gasteiger charge is -2.31. The van der Waals surface area contributed by atoms with Gasteiger partial charge >= 0.3 is 0 Å². The summed E-state index contributed by atoms with van der Waals surface area (Å²) in [6.45, 7) is 10.6. The molecule has 1 unspecified atom stereocenters. The Hall–Kier alpha value is -1.03. The fourth-order valence-corrected chi connectivity index (χ4v) is 2.57. The van der Waals surface area contributed by atoms with Crippen molar-refractivity contribution in [3.05, 3.63) is 22.7 Å². The lowest BCUT2D eigenvalue weighted by Crippen LogP contribution is -2.34. The van der Waals surface area contributed by atoms with Gasteiger partial charge in [0.15, 0.2) is 0 Å². The molecule has 0 aliphatic rings. The minimum atomic E-state index is -0.0710. The summed E-state index contributed by atoms with van der Waals surface area (Å²) in [5.41, 5.74) is 7.12. The van der Waals surface area contributed by atoms with Gasteiger partial charge in [-0.1, -0.05) is 50.5 Å². The SMILES string of the molecule is CC(C)CC(C(=O)Nc1ccc(Br)cc1N)C(C)(C)C. The molecule has 1 aromatic rings. The van der Waals surface area contributed by atoms with E-state index in [0.29, 0.717) is 17.3 Å². The number of carbonyl (C=O) groups excluding carboxylic acids is 1. The van der Waals surface area contributed by atoms with E-state index in [1.807, 2.05) is 12.1 Å². The predicted octanol–water partition coefficient (Wildman–Crippen LogP) is 4.68. The van der Waals surface area contributed by atoms with Crippen LogP contribution < -0.4 is 11.1 Å². The first kappa shape index (κ1) is 17.0. The molecular weight excluding hydrogens is 316 g/mol. The lowest BCUT2D eigenvalue weighted by molar-refractivity contribution is -0.123. The molecule has 0 spiro atoms. The van der Waals surface area contributed by atoms with Crippen molar-refractivity contribution in [3.63, 3.8) is 0 Å². The summed E-state index contributed by atoms with van der Waals surface area (Å²) >= 11 is 3.36. The molecule has 0 bridgehead atoms. The van der Waals surface area contributed by atoms with Crippen LogP contribution >= 0.6 is 15.9 Å². The van der Waals surface area contributed by atoms with Gasteiger partial charge in [-0.05, 0) is 36.0 Å². The van der Waals surface area contributed by atoms with E-state index in [1.54, 1.807) is 6.07 Å². The van der Waals surface area contributed by atoms with Crippen LogP contribution in [0.1, 0.15) is 41.0 Å². The van der Waals surface area contributed by atoms with Crippen LogP contribution in [0.4, 0.5) is 11.4 Å². The number of benzene rings is 1. The van der Waals surface area contributed by atoms with Gasteiger partial charge in [-0.3, -0.25) is 4.79 Å². The molecule has 3 N–H and O–H groups in total. The topological polar surface area (TPSA) is 55.1 Å². The number of rotatable bonds is 4. The summed E-state index contributed by atoms with van der Waals surface area (Å²) in [6, 6.07) is 5.50. The van der Waals surface area contributed by atoms with Crippen LogP contribution in [-0.4, -0.2) is 5.91 Å². The highest BCUT2D eigenvalue weighted by molar-refractivity contribution is 9.10. The van der Waals surface area contributed by atoms with Gasteiger partial charge in [0.05, 0.1) is 11.4 Å². The van der Waals surface area contributed by atoms with Crippen molar-refractivity contribution in [2.45, 2.75) is 41.0 Å². The van der Waals surface area contributed by atoms with E-state index in [9.17, 15) is 4.79 Å². The third-order valence-corrected chi connectivity index (χ3v) is 3.83. The Kier molecular flexibility index (Phi) is 5.63. The standard InChI is InChI=1S/C16H25BrN2O/c1-10(2)8-12(16(3,4)5)15(20)19-14-7-6-11(17)9-13(14)18/h6-7,9-10,12H,8,18H2,1-5H3,(H,19,20). The zero-order valence-electron chi connectivity index (χ0n) is 13.0. The minimum absolute atomic E-state index is 0.0365. The van der Waals surface area contributed by atoms with Crippen LogP contribution in [0, 0.1) is 17.3 Å². The highest BCUT2D eigenvalue weighted by Gasteiger charge is 2.31. The second-order valence-corrected chi connectivity index (χ2v) is 7.68. The van der Waals surface area contributed by atoms with Crippen molar-refractivity contribution >= 4 is 33.2 Å². The zero-order chi connectivity index (χ0) is 15.5. The van der Waals surface area contributed by atoms with Crippen LogP contribution in [0.15, 0.2) is 22.7 Å². The maximum absolute atomic E-state index is 12.6. The van der Waals surface area contributed by atoms with Crippen LogP contribution in [0.2, 0.25) is 0 Å². The summed E-state index contributed by atoms with van der Waals surface area (Å²) in [4.78, 5) is 12.6. The van der Waals surface area contributed by atoms with Crippen LogP contribution in [0.5, 0.6) is 0 Å². The maximum Gasteiger partial charge on any atom is 0.228 e. The number of halogens is 1. The van der Waals surface area contributed by atoms with Crippen molar-refractivity contribution in [1.29, 1.82) is 0 Å². The Morgan fingerprint density at radius 1 is 1.35 bits per heavy atom. The molecule has 0 radical (unpaired) electrons. The Balaban J connectivity index is 2.91. The minimum Gasteiger partial charge on any atom is -0.397 e. The van der Waals surface area contributed by atoms with Gasteiger partial charge in [0.2, 0.25) is 5.91 Å². The molecule has 20 heavy (non-hydrogen) atoms. The van der Waals surface area contributed by atoms with Gasteiger partial charge in [0, 0.05) is 10.4 Å². The molecule has 0 saturated heterocycles. The largest absolute Gasteiger partial charge is 0.397 e. The molecule has 1 atom stereocenters. The molecule has 0 aromatic heterocycles. The number of hydrogen-bond acceptors (Lipinski definition) is 2. The quantitative estimate of drug-likeness (QED) is 0.782. The Bertz CT molecular complexity index is 478. The molecule has 0 saturated carbocycles. The van der Waals surface area contributed by atoms with E-state index in [4.69, 9.17) is 5.73 Å². The number of amides is 1. The monoisotopic (exact) mass is 340 g/mol. The molecule has 1 rings (SSSR count). The molecular formula is C16H25BrN2O. The van der Waals surface area contributed by atoms with Crippen molar-refractivity contribution in [3.8, 4) is 0 Å². The molecule has 0 heterocycles. The summed E-state index contributed by atoms with van der Waals surface area (Å²) in [5.74, 6) is 0.484. The highest BCUT2D eigenvalue weighted by Crippen LogP contribution is 2.33. The number of nitrogens with two attached hydrogens (primary N) is 1. The van der Waals surface area contributed by atoms with Crippen molar-refractivity contribution in [1.82, 2.24) is 0 Å². The molecule has 1 aromatic carbocycles. The Morgan fingerprint density at radius 2 is 1.95 bits per heavy atom. The third kappa shape index (κ3) is 4.82. The van der Waals surface area contributed by atoms with Gasteiger partial charge in [0.25, 0.3) is 0 Å². The van der Waals surface area contributed by atoms with E-state index >= 15 is 0 Å². The summed E-state index contributed by atoms with van der Waals surface area (Å²) in [6.07, 6.45) is 0.867. The number of nitrogens with one attached hydrogen (secondary N) is 1. The molecule has 1 amide bonds. The Morgan fingerprint density at radius 3 is 2.40 bits per heavy atom. The van der Waals surface area contributed by atoms with E-state index < -0.39 is 0 Å². The number of nitrogen functional groups attached to an aromatic ring is 1. The van der Waals surface area contributed by atoms with Crippen molar-refractivity contribution in [2.75, 3.05) is 11.1 Å². The van der Waals surface area contributed by atoms with Gasteiger partial charge < -0.3 is 11.1 Å². The van der Waals surface area contributed by atoms with Gasteiger partial charge in [-0.2, -0.15) is 0 Å². The second kappa shape index (κ2) is 6.61. The number of carbonyl (C=O) groups is 1. The van der Waals surface area contributed by atoms with E-state index in [0.717, 1.165) is 10.9 Å². The van der Waals surface area contributed by atoms with Gasteiger partial charge in [0.1, 0.15) is 0 Å². The van der Waals surface area contributed by atoms with Crippen LogP contribution in [-0.2, 0) is 4.79 Å². The number of hydrogen-bond donors (Lipinski definition) is 2. The number of anilines is 2. The normalized spacial score (nSPS) is 13.3. The van der Waals surface area contributed by atoms with E-state index in [-0.39, 0.29) is 17.2 Å². The van der Waals surface area contributed by atoms with Crippen LogP contribution in [0.25, 0.3) is 0 Å². The van der Waals surface area contributed by atoms with E-state index in [1.165, 1.54) is 0 Å². The molecule has 3 nitrogen and oxygen atoms in total. The first-order chi connectivity index (χ1) is 9.11. The molecule has 112 valence electrons. The van der Waals surface area contributed by atoms with Gasteiger partial charge in [-0.15, -0.1) is 0 Å². The molecule has 0 aliphatic heterocycles. The van der Waals surface area contributed by atoms with Gasteiger partial charge in [-0.25, -0.2) is 0 Å². The zero-order valence-corrected chi connectivity index (χ0v) is 14.5. The average molecular weight is 341 g/mol. The maximum atomic E-state index is 12.6. The van der Waals surface area contributed by atoms with Crippen molar-refractivity contribution < 1.29 is 4.79 Å². The first-order valence-corrected chi connectivity index (χ1v) is 7.76.